The van der Waals surface area contributed by atoms with Gasteiger partial charge in [0.25, 0.3) is 5.91 Å². The maximum Gasteiger partial charge on any atom is 0.334 e. The zero-order valence-electron chi connectivity index (χ0n) is 10.6. The molecule has 0 spiro atoms. The fourth-order valence-electron chi connectivity index (χ4n) is 1.46. The van der Waals surface area contributed by atoms with E-state index in [4.69, 9.17) is 9.84 Å². The van der Waals surface area contributed by atoms with E-state index in [-0.39, 0.29) is 12.5 Å². The number of carbonyl (C=O) groups is 2. The van der Waals surface area contributed by atoms with Gasteiger partial charge < -0.3 is 15.2 Å². The Bertz CT molecular complexity index is 441. The standard InChI is InChI=1S/C11H17N3O4/c1-4-7-5-8(14(2)13-7)10(15)12-6-9(18-3)11(16)17/h5,9H,4,6H2,1-3H3,(H,12,15)(H,16,17). The third kappa shape index (κ3) is 3.30. The van der Waals surface area contributed by atoms with Crippen LogP contribution in [-0.4, -0.2) is 46.5 Å². The number of carboxylic acids is 1. The number of hydrogen-bond acceptors (Lipinski definition) is 4. The number of nitrogens with zero attached hydrogens (tertiary/aromatic N) is 2. The lowest BCUT2D eigenvalue weighted by Crippen LogP contribution is -2.38. The average Bonchev–Trinajstić information content (AvgIpc) is 2.70. The normalized spacial score (nSPS) is 12.2. The summed E-state index contributed by atoms with van der Waals surface area (Å²) in [7, 11) is 2.95. The van der Waals surface area contributed by atoms with Crippen LogP contribution in [0.15, 0.2) is 6.07 Å². The number of aliphatic carboxylic acids is 1. The molecule has 0 radical (unpaired) electrons. The van der Waals surface area contributed by atoms with E-state index in [1.54, 1.807) is 13.1 Å². The number of carbonyl (C=O) groups excluding carboxylic acids is 1. The first-order chi connectivity index (χ1) is 8.49. The zero-order valence-corrected chi connectivity index (χ0v) is 10.6. The molecule has 7 heteroatoms. The summed E-state index contributed by atoms with van der Waals surface area (Å²) in [6, 6.07) is 1.68. The summed E-state index contributed by atoms with van der Waals surface area (Å²) in [6.45, 7) is 1.85. The third-order valence-corrected chi connectivity index (χ3v) is 2.53. The fourth-order valence-corrected chi connectivity index (χ4v) is 1.46. The summed E-state index contributed by atoms with van der Waals surface area (Å²) in [6.07, 6.45) is -0.315. The largest absolute Gasteiger partial charge is 0.479 e. The highest BCUT2D eigenvalue weighted by molar-refractivity contribution is 5.93. The number of hydrogen-bond donors (Lipinski definition) is 2. The summed E-state index contributed by atoms with van der Waals surface area (Å²) in [5.41, 5.74) is 1.20. The van der Waals surface area contributed by atoms with Crippen LogP contribution in [0.2, 0.25) is 0 Å². The van der Waals surface area contributed by atoms with Crippen molar-refractivity contribution in [3.8, 4) is 0 Å². The van der Waals surface area contributed by atoms with Gasteiger partial charge in [-0.3, -0.25) is 9.48 Å². The Kier molecular flexibility index (Phi) is 4.85. The quantitative estimate of drug-likeness (QED) is 0.735. The van der Waals surface area contributed by atoms with Gasteiger partial charge in [0.05, 0.1) is 12.2 Å². The average molecular weight is 255 g/mol. The van der Waals surface area contributed by atoms with E-state index in [9.17, 15) is 9.59 Å². The van der Waals surface area contributed by atoms with Gasteiger partial charge in [0.15, 0.2) is 6.10 Å². The third-order valence-electron chi connectivity index (χ3n) is 2.53. The summed E-state index contributed by atoms with van der Waals surface area (Å²) in [5, 5.41) is 15.4. The topological polar surface area (TPSA) is 93.5 Å². The van der Waals surface area contributed by atoms with Gasteiger partial charge in [0.1, 0.15) is 5.69 Å². The van der Waals surface area contributed by atoms with Gasteiger partial charge in [-0.2, -0.15) is 5.10 Å². The summed E-state index contributed by atoms with van der Waals surface area (Å²) < 4.78 is 6.19. The molecule has 1 aromatic rings. The number of aryl methyl sites for hydroxylation is 2. The first-order valence-corrected chi connectivity index (χ1v) is 5.56. The van der Waals surface area contributed by atoms with Gasteiger partial charge >= 0.3 is 5.97 Å². The molecule has 0 aliphatic heterocycles. The monoisotopic (exact) mass is 255 g/mol. The molecule has 0 aromatic carbocycles. The fraction of sp³-hybridized carbons (Fsp3) is 0.545. The highest BCUT2D eigenvalue weighted by Gasteiger charge is 2.19. The molecule has 1 unspecified atom stereocenters. The Balaban J connectivity index is 2.65. The van der Waals surface area contributed by atoms with Crippen molar-refractivity contribution in [3.05, 3.63) is 17.5 Å². The summed E-state index contributed by atoms with van der Waals surface area (Å²) >= 11 is 0. The maximum absolute atomic E-state index is 11.8. The van der Waals surface area contributed by atoms with Crippen LogP contribution in [0, 0.1) is 0 Å². The molecule has 0 bridgehead atoms. The molecule has 0 fully saturated rings. The molecule has 1 aromatic heterocycles. The predicted molar refractivity (Wildman–Crippen MR) is 63.4 cm³/mol. The highest BCUT2D eigenvalue weighted by Crippen LogP contribution is 2.03. The van der Waals surface area contributed by atoms with Gasteiger partial charge in [-0.25, -0.2) is 4.79 Å². The minimum absolute atomic E-state index is 0.0860. The molecular weight excluding hydrogens is 238 g/mol. The van der Waals surface area contributed by atoms with Gasteiger partial charge in [-0.1, -0.05) is 6.92 Å². The molecule has 1 atom stereocenters. The first-order valence-electron chi connectivity index (χ1n) is 5.56. The van der Waals surface area contributed by atoms with E-state index >= 15 is 0 Å². The number of nitrogens with one attached hydrogen (secondary N) is 1. The second kappa shape index (κ2) is 6.15. The van der Waals surface area contributed by atoms with Crippen LogP contribution in [0.1, 0.15) is 23.1 Å². The number of ether oxygens (including phenoxy) is 1. The van der Waals surface area contributed by atoms with Crippen LogP contribution in [0.25, 0.3) is 0 Å². The van der Waals surface area contributed by atoms with Crippen molar-refractivity contribution in [1.82, 2.24) is 15.1 Å². The first kappa shape index (κ1) is 14.2. The lowest BCUT2D eigenvalue weighted by Gasteiger charge is -2.11. The minimum Gasteiger partial charge on any atom is -0.479 e. The van der Waals surface area contributed by atoms with Crippen LogP contribution in [0.4, 0.5) is 0 Å². The van der Waals surface area contributed by atoms with Crippen molar-refractivity contribution in [1.29, 1.82) is 0 Å². The van der Waals surface area contributed by atoms with E-state index < -0.39 is 12.1 Å². The number of methoxy groups -OCH3 is 1. The van der Waals surface area contributed by atoms with Crippen molar-refractivity contribution in [2.45, 2.75) is 19.4 Å². The Morgan fingerprint density at radius 3 is 2.72 bits per heavy atom. The van der Waals surface area contributed by atoms with Crippen molar-refractivity contribution >= 4 is 11.9 Å². The maximum atomic E-state index is 11.8. The molecule has 18 heavy (non-hydrogen) atoms. The zero-order chi connectivity index (χ0) is 13.7. The molecule has 1 rings (SSSR count). The number of rotatable bonds is 6. The van der Waals surface area contributed by atoms with Crippen LogP contribution in [0.5, 0.6) is 0 Å². The molecule has 2 N–H and O–H groups in total. The second-order valence-electron chi connectivity index (χ2n) is 3.77. The second-order valence-corrected chi connectivity index (χ2v) is 3.77. The van der Waals surface area contributed by atoms with E-state index in [0.717, 1.165) is 12.1 Å². The predicted octanol–water partition coefficient (Wildman–Crippen LogP) is -0.188. The molecule has 0 aliphatic carbocycles. The molecule has 0 saturated heterocycles. The van der Waals surface area contributed by atoms with Crippen LogP contribution >= 0.6 is 0 Å². The molecule has 1 amide bonds. The molecule has 7 nitrogen and oxygen atoms in total. The van der Waals surface area contributed by atoms with E-state index in [1.807, 2.05) is 6.92 Å². The van der Waals surface area contributed by atoms with Crippen molar-refractivity contribution in [2.75, 3.05) is 13.7 Å². The van der Waals surface area contributed by atoms with Gasteiger partial charge in [-0.05, 0) is 12.5 Å². The molecule has 0 aliphatic rings. The van der Waals surface area contributed by atoms with Crippen LogP contribution in [-0.2, 0) is 23.0 Å². The van der Waals surface area contributed by atoms with Crippen molar-refractivity contribution in [3.63, 3.8) is 0 Å². The van der Waals surface area contributed by atoms with Gasteiger partial charge in [0.2, 0.25) is 0 Å². The smallest absolute Gasteiger partial charge is 0.334 e. The van der Waals surface area contributed by atoms with Crippen LogP contribution < -0.4 is 5.32 Å². The summed E-state index contributed by atoms with van der Waals surface area (Å²) in [5.74, 6) is -1.48. The Morgan fingerprint density at radius 1 is 1.61 bits per heavy atom. The summed E-state index contributed by atoms with van der Waals surface area (Å²) in [4.78, 5) is 22.5. The number of aromatic nitrogens is 2. The lowest BCUT2D eigenvalue weighted by atomic mass is 10.3. The Labute approximate surface area is 105 Å². The highest BCUT2D eigenvalue weighted by atomic mass is 16.5. The van der Waals surface area contributed by atoms with Gasteiger partial charge in [-0.15, -0.1) is 0 Å². The van der Waals surface area contributed by atoms with Crippen molar-refractivity contribution in [2.24, 2.45) is 7.05 Å². The molecule has 1 heterocycles. The van der Waals surface area contributed by atoms with E-state index in [2.05, 4.69) is 10.4 Å². The Morgan fingerprint density at radius 2 is 2.28 bits per heavy atom. The SMILES string of the molecule is CCc1cc(C(=O)NCC(OC)C(=O)O)n(C)n1. The minimum atomic E-state index is -1.11. The van der Waals surface area contributed by atoms with Crippen molar-refractivity contribution < 1.29 is 19.4 Å². The van der Waals surface area contributed by atoms with E-state index in [1.165, 1.54) is 11.8 Å². The van der Waals surface area contributed by atoms with Crippen LogP contribution in [0.3, 0.4) is 0 Å². The van der Waals surface area contributed by atoms with Gasteiger partial charge in [0, 0.05) is 14.2 Å². The number of carboxylic acid groups (broad SMARTS) is 1. The molecule has 0 saturated carbocycles. The number of amides is 1. The van der Waals surface area contributed by atoms with E-state index in [0.29, 0.717) is 5.69 Å². The molecular formula is C11H17N3O4. The Hall–Kier alpha value is -1.89. The molecule has 100 valence electrons. The lowest BCUT2D eigenvalue weighted by molar-refractivity contribution is -0.148.